The van der Waals surface area contributed by atoms with Crippen LogP contribution in [0.2, 0.25) is 5.02 Å². The van der Waals surface area contributed by atoms with Gasteiger partial charge in [-0.05, 0) is 73.9 Å². The zero-order valence-corrected chi connectivity index (χ0v) is 19.5. The number of carbonyl (C=O) groups excluding carboxylic acids is 2. The number of halogens is 1. The molecule has 1 amide bonds. The first kappa shape index (κ1) is 24.7. The molecule has 1 aliphatic heterocycles. The Morgan fingerprint density at radius 2 is 1.88 bits per heavy atom. The van der Waals surface area contributed by atoms with Crippen molar-refractivity contribution in [3.63, 3.8) is 0 Å². The lowest BCUT2D eigenvalue weighted by Gasteiger charge is -2.22. The quantitative estimate of drug-likeness (QED) is 0.326. The summed E-state index contributed by atoms with van der Waals surface area (Å²) in [5.74, 6) is -0.473. The molecule has 0 aromatic heterocycles. The average Bonchev–Trinajstić information content (AvgIpc) is 3.30. The number of carbonyl (C=O) groups is 2. The molecule has 0 unspecified atom stereocenters. The molecule has 2 aromatic rings. The van der Waals surface area contributed by atoms with Crippen LogP contribution in [-0.2, 0) is 24.3 Å². The summed E-state index contributed by atoms with van der Waals surface area (Å²) in [6.45, 7) is 2.07. The van der Waals surface area contributed by atoms with Crippen LogP contribution in [0.15, 0.2) is 58.5 Å². The van der Waals surface area contributed by atoms with Gasteiger partial charge in [0.05, 0.1) is 17.7 Å². The summed E-state index contributed by atoms with van der Waals surface area (Å²) >= 11 is 5.84. The molecule has 11 heteroatoms. The van der Waals surface area contributed by atoms with E-state index in [0.29, 0.717) is 29.2 Å². The molecule has 0 bridgehead atoms. The largest absolute Gasteiger partial charge is 0.482 e. The van der Waals surface area contributed by atoms with E-state index in [2.05, 4.69) is 10.5 Å². The van der Waals surface area contributed by atoms with Crippen molar-refractivity contribution in [1.29, 1.82) is 0 Å². The van der Waals surface area contributed by atoms with E-state index < -0.39 is 27.9 Å². The van der Waals surface area contributed by atoms with Gasteiger partial charge in [0.25, 0.3) is 5.91 Å². The fourth-order valence-corrected chi connectivity index (χ4v) is 5.05. The standard InChI is InChI=1S/C22H24ClN3O6S/c1-2-31-21(27)15-32-18-9-5-16(6-10-18)14-24-25-22(28)20-4-3-13-26(20)33(29,30)19-11-7-17(23)8-12-19/h5-12,14,20H,2-4,13,15H2,1H3,(H,25,28)/b24-14-/t20-/m0/s1. The minimum absolute atomic E-state index is 0.0837. The van der Waals surface area contributed by atoms with Gasteiger partial charge >= 0.3 is 5.97 Å². The van der Waals surface area contributed by atoms with E-state index in [9.17, 15) is 18.0 Å². The molecular formula is C22H24ClN3O6S. The molecule has 1 fully saturated rings. The van der Waals surface area contributed by atoms with E-state index in [0.717, 1.165) is 0 Å². The third kappa shape index (κ3) is 6.53. The van der Waals surface area contributed by atoms with Crippen molar-refractivity contribution in [2.24, 2.45) is 5.10 Å². The van der Waals surface area contributed by atoms with Gasteiger partial charge < -0.3 is 9.47 Å². The van der Waals surface area contributed by atoms with E-state index in [4.69, 9.17) is 21.1 Å². The van der Waals surface area contributed by atoms with Crippen LogP contribution in [-0.4, -0.2) is 56.6 Å². The van der Waals surface area contributed by atoms with Crippen LogP contribution in [0.5, 0.6) is 5.75 Å². The lowest BCUT2D eigenvalue weighted by atomic mass is 10.2. The van der Waals surface area contributed by atoms with Crippen LogP contribution in [0, 0.1) is 0 Å². The van der Waals surface area contributed by atoms with Gasteiger partial charge in [-0.25, -0.2) is 18.6 Å². The molecule has 2 aromatic carbocycles. The van der Waals surface area contributed by atoms with E-state index in [1.54, 1.807) is 31.2 Å². The number of hydrogen-bond donors (Lipinski definition) is 1. The van der Waals surface area contributed by atoms with E-state index in [1.807, 2.05) is 0 Å². The molecule has 9 nitrogen and oxygen atoms in total. The number of benzene rings is 2. The van der Waals surface area contributed by atoms with Crippen molar-refractivity contribution in [3.05, 3.63) is 59.1 Å². The number of rotatable bonds is 9. The average molecular weight is 494 g/mol. The van der Waals surface area contributed by atoms with Gasteiger partial charge in [0.2, 0.25) is 10.0 Å². The lowest BCUT2D eigenvalue weighted by molar-refractivity contribution is -0.145. The van der Waals surface area contributed by atoms with Crippen molar-refractivity contribution < 1.29 is 27.5 Å². The molecule has 1 aliphatic rings. The normalized spacial score (nSPS) is 16.6. The predicted molar refractivity (Wildman–Crippen MR) is 123 cm³/mol. The van der Waals surface area contributed by atoms with Crippen LogP contribution in [0.4, 0.5) is 0 Å². The Kier molecular flexibility index (Phi) is 8.43. The summed E-state index contributed by atoms with van der Waals surface area (Å²) in [6, 6.07) is 11.7. The van der Waals surface area contributed by atoms with Crippen molar-refractivity contribution >= 4 is 39.7 Å². The minimum atomic E-state index is -3.83. The van der Waals surface area contributed by atoms with Gasteiger partial charge in [-0.15, -0.1) is 0 Å². The Morgan fingerprint density at radius 1 is 1.18 bits per heavy atom. The third-order valence-electron chi connectivity index (χ3n) is 4.86. The third-order valence-corrected chi connectivity index (χ3v) is 7.03. The van der Waals surface area contributed by atoms with Crippen molar-refractivity contribution in [3.8, 4) is 5.75 Å². The van der Waals surface area contributed by atoms with Gasteiger partial charge in [0.1, 0.15) is 11.8 Å². The highest BCUT2D eigenvalue weighted by Crippen LogP contribution is 2.27. The fraction of sp³-hybridized carbons (Fsp3) is 0.318. The molecule has 0 spiro atoms. The molecule has 3 rings (SSSR count). The summed E-state index contributed by atoms with van der Waals surface area (Å²) in [5, 5.41) is 4.37. The van der Waals surface area contributed by atoms with E-state index >= 15 is 0 Å². The summed E-state index contributed by atoms with van der Waals surface area (Å²) in [7, 11) is -3.83. The highest BCUT2D eigenvalue weighted by Gasteiger charge is 2.39. The van der Waals surface area contributed by atoms with Crippen LogP contribution in [0.3, 0.4) is 0 Å². The van der Waals surface area contributed by atoms with Crippen LogP contribution in [0.25, 0.3) is 0 Å². The summed E-state index contributed by atoms with van der Waals surface area (Å²) in [6.07, 6.45) is 2.41. The first-order valence-corrected chi connectivity index (χ1v) is 12.1. The van der Waals surface area contributed by atoms with Crippen molar-refractivity contribution in [1.82, 2.24) is 9.73 Å². The monoisotopic (exact) mass is 493 g/mol. The molecular weight excluding hydrogens is 470 g/mol. The topological polar surface area (TPSA) is 114 Å². The maximum Gasteiger partial charge on any atom is 0.344 e. The van der Waals surface area contributed by atoms with Crippen LogP contribution >= 0.6 is 11.6 Å². The van der Waals surface area contributed by atoms with Crippen LogP contribution < -0.4 is 10.2 Å². The Morgan fingerprint density at radius 3 is 2.55 bits per heavy atom. The number of sulfonamides is 1. The van der Waals surface area contributed by atoms with Crippen LogP contribution in [0.1, 0.15) is 25.3 Å². The second-order valence-corrected chi connectivity index (χ2v) is 9.45. The molecule has 0 radical (unpaired) electrons. The number of esters is 1. The summed E-state index contributed by atoms with van der Waals surface area (Å²) < 4.78 is 37.2. The fourth-order valence-electron chi connectivity index (χ4n) is 3.27. The summed E-state index contributed by atoms with van der Waals surface area (Å²) in [4.78, 5) is 24.0. The molecule has 33 heavy (non-hydrogen) atoms. The number of nitrogens with zero attached hydrogens (tertiary/aromatic N) is 2. The maximum absolute atomic E-state index is 12.9. The predicted octanol–water partition coefficient (Wildman–Crippen LogP) is 2.59. The second kappa shape index (κ2) is 11.3. The Balaban J connectivity index is 1.57. The van der Waals surface area contributed by atoms with Gasteiger partial charge in [-0.1, -0.05) is 11.6 Å². The second-order valence-electron chi connectivity index (χ2n) is 7.12. The SMILES string of the molecule is CCOC(=O)COc1ccc(/C=N\NC(=O)[C@@H]2CCCN2S(=O)(=O)c2ccc(Cl)cc2)cc1. The first-order valence-electron chi connectivity index (χ1n) is 10.3. The molecule has 0 saturated carbocycles. The van der Waals surface area contributed by atoms with Crippen molar-refractivity contribution in [2.45, 2.75) is 30.7 Å². The highest BCUT2D eigenvalue weighted by molar-refractivity contribution is 7.89. The number of hydrazone groups is 1. The van der Waals surface area contributed by atoms with Gasteiger partial charge in [-0.3, -0.25) is 4.79 Å². The maximum atomic E-state index is 12.9. The zero-order valence-electron chi connectivity index (χ0n) is 17.9. The van der Waals surface area contributed by atoms with Crippen molar-refractivity contribution in [2.75, 3.05) is 19.8 Å². The minimum Gasteiger partial charge on any atom is -0.482 e. The van der Waals surface area contributed by atoms with E-state index in [-0.39, 0.29) is 24.7 Å². The molecule has 1 N–H and O–H groups in total. The number of amides is 1. The Labute approximate surface area is 197 Å². The molecule has 176 valence electrons. The number of nitrogens with one attached hydrogen (secondary N) is 1. The molecule has 1 heterocycles. The lowest BCUT2D eigenvalue weighted by Crippen LogP contribution is -2.44. The highest BCUT2D eigenvalue weighted by atomic mass is 35.5. The first-order chi connectivity index (χ1) is 15.8. The Hall–Kier alpha value is -2.95. The van der Waals surface area contributed by atoms with Gasteiger partial charge in [0.15, 0.2) is 6.61 Å². The van der Waals surface area contributed by atoms with Gasteiger partial charge in [0, 0.05) is 11.6 Å². The van der Waals surface area contributed by atoms with E-state index in [1.165, 1.54) is 34.8 Å². The molecule has 0 aliphatic carbocycles. The zero-order chi connectivity index (χ0) is 23.8. The Bertz CT molecular complexity index is 1100. The smallest absolute Gasteiger partial charge is 0.344 e. The number of ether oxygens (including phenoxy) is 2. The number of hydrogen-bond acceptors (Lipinski definition) is 7. The molecule has 1 atom stereocenters. The molecule has 1 saturated heterocycles. The van der Waals surface area contributed by atoms with Gasteiger partial charge in [-0.2, -0.15) is 9.41 Å². The summed E-state index contributed by atoms with van der Waals surface area (Å²) in [5.41, 5.74) is 3.09.